The highest BCUT2D eigenvalue weighted by Gasteiger charge is 2.03. The number of rotatable bonds is 3. The molecule has 1 amide bonds. The van der Waals surface area contributed by atoms with Crippen molar-refractivity contribution in [2.75, 3.05) is 12.4 Å². The monoisotopic (exact) mass is 150 g/mol. The van der Waals surface area contributed by atoms with Crippen molar-refractivity contribution in [3.05, 3.63) is 0 Å². The van der Waals surface area contributed by atoms with Crippen molar-refractivity contribution < 1.29 is 4.79 Å². The maximum atomic E-state index is 10.6. The summed E-state index contributed by atoms with van der Waals surface area (Å²) >= 11 is 5.29. The standard InChI is InChI=1S/C5H11ClN2O/c1-4(7)5(9)8-3-2-6/h4H,2-3,7H2,1H3,(H,8,9)/t4-/m0/s1. The topological polar surface area (TPSA) is 55.1 Å². The molecule has 0 saturated heterocycles. The first kappa shape index (κ1) is 8.72. The zero-order valence-corrected chi connectivity index (χ0v) is 6.11. The smallest absolute Gasteiger partial charge is 0.236 e. The van der Waals surface area contributed by atoms with Crippen LogP contribution in [0.4, 0.5) is 0 Å². The first-order valence-electron chi connectivity index (χ1n) is 2.77. The van der Waals surface area contributed by atoms with Gasteiger partial charge in [0.05, 0.1) is 6.04 Å². The first-order chi connectivity index (χ1) is 4.18. The number of hydrogen-bond donors (Lipinski definition) is 2. The van der Waals surface area contributed by atoms with Crippen molar-refractivity contribution in [1.82, 2.24) is 5.32 Å². The molecule has 54 valence electrons. The number of halogens is 1. The van der Waals surface area contributed by atoms with Gasteiger partial charge < -0.3 is 11.1 Å². The summed E-state index contributed by atoms with van der Waals surface area (Å²) in [5.41, 5.74) is 5.22. The second kappa shape index (κ2) is 4.58. The highest BCUT2D eigenvalue weighted by atomic mass is 35.5. The predicted octanol–water partition coefficient (Wildman–Crippen LogP) is -0.311. The van der Waals surface area contributed by atoms with Crippen LogP contribution < -0.4 is 11.1 Å². The van der Waals surface area contributed by atoms with Gasteiger partial charge in [-0.25, -0.2) is 0 Å². The number of nitrogens with one attached hydrogen (secondary N) is 1. The summed E-state index contributed by atoms with van der Waals surface area (Å²) in [6, 6.07) is -0.437. The van der Waals surface area contributed by atoms with Crippen LogP contribution in [0, 0.1) is 0 Å². The van der Waals surface area contributed by atoms with Crippen LogP contribution in [0.15, 0.2) is 0 Å². The van der Waals surface area contributed by atoms with E-state index < -0.39 is 6.04 Å². The summed E-state index contributed by atoms with van der Waals surface area (Å²) in [6.45, 7) is 2.12. The van der Waals surface area contributed by atoms with E-state index >= 15 is 0 Å². The summed E-state index contributed by atoms with van der Waals surface area (Å²) in [5, 5.41) is 2.54. The Bertz CT molecular complexity index is 95.0. The largest absolute Gasteiger partial charge is 0.354 e. The fraction of sp³-hybridized carbons (Fsp3) is 0.800. The van der Waals surface area contributed by atoms with Crippen molar-refractivity contribution in [2.24, 2.45) is 5.73 Å². The van der Waals surface area contributed by atoms with Gasteiger partial charge in [0, 0.05) is 12.4 Å². The van der Waals surface area contributed by atoms with Crippen LogP contribution >= 0.6 is 11.6 Å². The highest BCUT2D eigenvalue weighted by Crippen LogP contribution is 1.75. The van der Waals surface area contributed by atoms with Crippen LogP contribution in [0.5, 0.6) is 0 Å². The lowest BCUT2D eigenvalue weighted by Crippen LogP contribution is -2.39. The summed E-state index contributed by atoms with van der Waals surface area (Å²) in [5.74, 6) is 0.272. The Labute approximate surface area is 59.6 Å². The molecule has 0 rings (SSSR count). The van der Waals surface area contributed by atoms with Gasteiger partial charge in [0.25, 0.3) is 0 Å². The Kier molecular flexibility index (Phi) is 4.44. The van der Waals surface area contributed by atoms with Crippen molar-refractivity contribution in [3.63, 3.8) is 0 Å². The van der Waals surface area contributed by atoms with Gasteiger partial charge >= 0.3 is 0 Å². The fourth-order valence-corrected chi connectivity index (χ4v) is 0.426. The zero-order valence-electron chi connectivity index (χ0n) is 5.36. The summed E-state index contributed by atoms with van der Waals surface area (Å²) < 4.78 is 0. The molecular weight excluding hydrogens is 140 g/mol. The Balaban J connectivity index is 3.28. The van der Waals surface area contributed by atoms with Crippen LogP contribution in [-0.4, -0.2) is 24.4 Å². The number of hydrogen-bond acceptors (Lipinski definition) is 2. The van der Waals surface area contributed by atoms with Gasteiger partial charge in [-0.05, 0) is 6.92 Å². The maximum Gasteiger partial charge on any atom is 0.236 e. The zero-order chi connectivity index (χ0) is 7.28. The molecule has 0 spiro atoms. The Hall–Kier alpha value is -0.280. The fourth-order valence-electron chi connectivity index (χ4n) is 0.331. The minimum Gasteiger partial charge on any atom is -0.354 e. The Morgan fingerprint density at radius 1 is 1.89 bits per heavy atom. The average Bonchev–Trinajstić information content (AvgIpc) is 1.82. The summed E-state index contributed by atoms with van der Waals surface area (Å²) in [7, 11) is 0. The second-order valence-electron chi connectivity index (χ2n) is 1.77. The van der Waals surface area contributed by atoms with Gasteiger partial charge in [-0.2, -0.15) is 0 Å². The third-order valence-corrected chi connectivity index (χ3v) is 0.996. The van der Waals surface area contributed by atoms with Crippen LogP contribution in [0.1, 0.15) is 6.92 Å². The third-order valence-electron chi connectivity index (χ3n) is 0.807. The van der Waals surface area contributed by atoms with Gasteiger partial charge in [-0.3, -0.25) is 4.79 Å². The molecule has 1 atom stereocenters. The molecule has 0 unspecified atom stereocenters. The van der Waals surface area contributed by atoms with E-state index in [1.165, 1.54) is 0 Å². The van der Waals surface area contributed by atoms with Crippen molar-refractivity contribution in [2.45, 2.75) is 13.0 Å². The minimum atomic E-state index is -0.437. The average molecular weight is 151 g/mol. The van der Waals surface area contributed by atoms with Crippen LogP contribution in [-0.2, 0) is 4.79 Å². The van der Waals surface area contributed by atoms with E-state index in [0.717, 1.165) is 0 Å². The number of carbonyl (C=O) groups is 1. The molecule has 3 nitrogen and oxygen atoms in total. The molecule has 0 aromatic heterocycles. The molecule has 0 fully saturated rings. The normalized spacial score (nSPS) is 12.8. The van der Waals surface area contributed by atoms with Gasteiger partial charge in [-0.1, -0.05) is 0 Å². The third kappa shape index (κ3) is 4.24. The lowest BCUT2D eigenvalue weighted by atomic mass is 10.3. The lowest BCUT2D eigenvalue weighted by molar-refractivity contribution is -0.121. The SMILES string of the molecule is C[C@H](N)C(=O)NCCCl. The van der Waals surface area contributed by atoms with Crippen LogP contribution in [0.3, 0.4) is 0 Å². The highest BCUT2D eigenvalue weighted by molar-refractivity contribution is 6.18. The van der Waals surface area contributed by atoms with Gasteiger partial charge in [0.1, 0.15) is 0 Å². The minimum absolute atomic E-state index is 0.157. The molecule has 0 aromatic rings. The molecule has 0 aliphatic carbocycles. The van der Waals surface area contributed by atoms with Crippen molar-refractivity contribution in [3.8, 4) is 0 Å². The molecule has 0 aromatic carbocycles. The molecule has 0 bridgehead atoms. The van der Waals surface area contributed by atoms with E-state index in [4.69, 9.17) is 17.3 Å². The number of nitrogens with two attached hydrogens (primary N) is 1. The number of alkyl halides is 1. The molecule has 9 heavy (non-hydrogen) atoms. The quantitative estimate of drug-likeness (QED) is 0.543. The lowest BCUT2D eigenvalue weighted by Gasteiger charge is -2.03. The summed E-state index contributed by atoms with van der Waals surface area (Å²) in [6.07, 6.45) is 0. The van der Waals surface area contributed by atoms with Crippen LogP contribution in [0.25, 0.3) is 0 Å². The van der Waals surface area contributed by atoms with E-state index in [1.54, 1.807) is 6.92 Å². The van der Waals surface area contributed by atoms with E-state index in [9.17, 15) is 4.79 Å². The van der Waals surface area contributed by atoms with Crippen LogP contribution in [0.2, 0.25) is 0 Å². The molecule has 0 heterocycles. The van der Waals surface area contributed by atoms with E-state index in [0.29, 0.717) is 12.4 Å². The number of carbonyl (C=O) groups excluding carboxylic acids is 1. The molecule has 0 aliphatic heterocycles. The van der Waals surface area contributed by atoms with E-state index in [2.05, 4.69) is 5.32 Å². The molecule has 0 radical (unpaired) electrons. The van der Waals surface area contributed by atoms with Gasteiger partial charge in [0.2, 0.25) is 5.91 Å². The second-order valence-corrected chi connectivity index (χ2v) is 2.15. The Morgan fingerprint density at radius 3 is 2.78 bits per heavy atom. The first-order valence-corrected chi connectivity index (χ1v) is 3.31. The Morgan fingerprint density at radius 2 is 2.44 bits per heavy atom. The molecule has 0 aliphatic rings. The molecular formula is C5H11ClN2O. The summed E-state index contributed by atoms with van der Waals surface area (Å²) in [4.78, 5) is 10.6. The predicted molar refractivity (Wildman–Crippen MR) is 37.4 cm³/mol. The van der Waals surface area contributed by atoms with Gasteiger partial charge in [-0.15, -0.1) is 11.6 Å². The van der Waals surface area contributed by atoms with E-state index in [-0.39, 0.29) is 5.91 Å². The van der Waals surface area contributed by atoms with Crippen molar-refractivity contribution in [1.29, 1.82) is 0 Å². The van der Waals surface area contributed by atoms with Crippen molar-refractivity contribution >= 4 is 17.5 Å². The molecule has 4 heteroatoms. The van der Waals surface area contributed by atoms with Gasteiger partial charge in [0.15, 0.2) is 0 Å². The molecule has 0 saturated carbocycles. The van der Waals surface area contributed by atoms with E-state index in [1.807, 2.05) is 0 Å². The number of amides is 1. The molecule has 3 N–H and O–H groups in total. The maximum absolute atomic E-state index is 10.6.